The molecule has 1 atom stereocenters. The van der Waals surface area contributed by atoms with E-state index in [1.54, 1.807) is 4.90 Å². The first-order chi connectivity index (χ1) is 9.17. The molecule has 0 saturated carbocycles. The lowest BCUT2D eigenvalue weighted by Crippen LogP contribution is -2.42. The van der Waals surface area contributed by atoms with E-state index in [9.17, 15) is 9.90 Å². The third-order valence-corrected chi connectivity index (χ3v) is 3.38. The summed E-state index contributed by atoms with van der Waals surface area (Å²) in [6.07, 6.45) is 0.641. The molecule has 0 aliphatic heterocycles. The lowest BCUT2D eigenvalue weighted by atomic mass is 9.89. The van der Waals surface area contributed by atoms with Crippen molar-refractivity contribution in [3.05, 3.63) is 0 Å². The molecule has 0 aromatic rings. The van der Waals surface area contributed by atoms with Crippen LogP contribution in [0.25, 0.3) is 0 Å². The van der Waals surface area contributed by atoms with Crippen molar-refractivity contribution in [2.24, 2.45) is 5.41 Å². The first-order valence-electron chi connectivity index (χ1n) is 7.47. The van der Waals surface area contributed by atoms with Crippen molar-refractivity contribution in [3.63, 3.8) is 0 Å². The smallest absolute Gasteiger partial charge is 0.410 e. The fourth-order valence-corrected chi connectivity index (χ4v) is 1.60. The first-order valence-corrected chi connectivity index (χ1v) is 7.47. The summed E-state index contributed by atoms with van der Waals surface area (Å²) >= 11 is 0. The van der Waals surface area contributed by atoms with Crippen molar-refractivity contribution in [1.82, 2.24) is 10.2 Å². The first kappa shape index (κ1) is 19.2. The summed E-state index contributed by atoms with van der Waals surface area (Å²) < 4.78 is 5.35. The van der Waals surface area contributed by atoms with E-state index in [-0.39, 0.29) is 18.1 Å². The molecular weight excluding hydrogens is 256 g/mol. The molecule has 5 nitrogen and oxygen atoms in total. The Balaban J connectivity index is 4.11. The second-order valence-electron chi connectivity index (χ2n) is 6.56. The molecule has 120 valence electrons. The number of aliphatic hydroxyl groups excluding tert-OH is 1. The number of amides is 1. The zero-order chi connectivity index (χ0) is 15.8. The van der Waals surface area contributed by atoms with Crippen molar-refractivity contribution in [2.75, 3.05) is 32.8 Å². The summed E-state index contributed by atoms with van der Waals surface area (Å²) in [5, 5.41) is 12.6. The molecule has 2 N–H and O–H groups in total. The Kier molecular flexibility index (Phi) is 8.13. The van der Waals surface area contributed by atoms with E-state index < -0.39 is 5.60 Å². The van der Waals surface area contributed by atoms with Gasteiger partial charge in [0, 0.05) is 38.2 Å². The Morgan fingerprint density at radius 2 is 1.85 bits per heavy atom. The Hall–Kier alpha value is -0.810. The molecule has 0 aliphatic carbocycles. The molecule has 1 unspecified atom stereocenters. The number of ether oxygens (including phenoxy) is 1. The monoisotopic (exact) mass is 288 g/mol. The fourth-order valence-electron chi connectivity index (χ4n) is 1.60. The van der Waals surface area contributed by atoms with Crippen LogP contribution in [0, 0.1) is 5.41 Å². The van der Waals surface area contributed by atoms with Crippen molar-refractivity contribution in [2.45, 2.75) is 53.6 Å². The predicted octanol–water partition coefficient (Wildman–Crippen LogP) is 2.24. The molecule has 0 aliphatic rings. The van der Waals surface area contributed by atoms with Crippen LogP contribution in [-0.2, 0) is 4.74 Å². The van der Waals surface area contributed by atoms with Gasteiger partial charge in [-0.25, -0.2) is 4.79 Å². The minimum atomic E-state index is -0.463. The maximum atomic E-state index is 11.9. The molecule has 0 bridgehead atoms. The Morgan fingerprint density at radius 3 is 2.25 bits per heavy atom. The zero-order valence-corrected chi connectivity index (χ0v) is 14.0. The van der Waals surface area contributed by atoms with Gasteiger partial charge >= 0.3 is 6.09 Å². The van der Waals surface area contributed by atoms with Gasteiger partial charge < -0.3 is 20.1 Å². The van der Waals surface area contributed by atoms with E-state index in [4.69, 9.17) is 4.74 Å². The van der Waals surface area contributed by atoms with Crippen LogP contribution in [0.3, 0.4) is 0 Å². The van der Waals surface area contributed by atoms with Crippen LogP contribution >= 0.6 is 0 Å². The molecule has 0 rings (SSSR count). The van der Waals surface area contributed by atoms with E-state index in [0.717, 1.165) is 13.0 Å². The third-order valence-electron chi connectivity index (χ3n) is 3.38. The van der Waals surface area contributed by atoms with Crippen molar-refractivity contribution in [1.29, 1.82) is 0 Å². The number of carbonyl (C=O) groups is 1. The van der Waals surface area contributed by atoms with Gasteiger partial charge in [-0.2, -0.15) is 0 Å². The van der Waals surface area contributed by atoms with Gasteiger partial charge in [-0.3, -0.25) is 0 Å². The summed E-state index contributed by atoms with van der Waals surface area (Å²) in [6.45, 7) is 14.5. The Labute approximate surface area is 123 Å². The van der Waals surface area contributed by atoms with Crippen LogP contribution in [0.2, 0.25) is 0 Å². The van der Waals surface area contributed by atoms with Gasteiger partial charge in [0.2, 0.25) is 0 Å². The number of hydrogen-bond acceptors (Lipinski definition) is 4. The number of hydrogen-bond donors (Lipinski definition) is 2. The second-order valence-corrected chi connectivity index (χ2v) is 6.56. The van der Waals surface area contributed by atoms with E-state index in [2.05, 4.69) is 12.2 Å². The van der Waals surface area contributed by atoms with Crippen LogP contribution in [0.15, 0.2) is 0 Å². The maximum Gasteiger partial charge on any atom is 0.410 e. The zero-order valence-electron chi connectivity index (χ0n) is 14.0. The summed E-state index contributed by atoms with van der Waals surface area (Å²) in [6, 6.07) is 0. The van der Waals surface area contributed by atoms with Crippen LogP contribution < -0.4 is 5.32 Å². The average molecular weight is 288 g/mol. The van der Waals surface area contributed by atoms with Crippen molar-refractivity contribution in [3.8, 4) is 0 Å². The molecule has 0 aromatic heterocycles. The van der Waals surface area contributed by atoms with Crippen LogP contribution in [0.5, 0.6) is 0 Å². The number of likely N-dealkylation sites (N-methyl/N-ethyl adjacent to an activating group) is 1. The van der Waals surface area contributed by atoms with Crippen LogP contribution in [0.1, 0.15) is 48.0 Å². The van der Waals surface area contributed by atoms with Gasteiger partial charge in [-0.1, -0.05) is 13.8 Å². The largest absolute Gasteiger partial charge is 0.444 e. The summed E-state index contributed by atoms with van der Waals surface area (Å²) in [5.41, 5.74) is -0.557. The highest BCUT2D eigenvalue weighted by molar-refractivity contribution is 5.68. The highest BCUT2D eigenvalue weighted by Gasteiger charge is 2.22. The van der Waals surface area contributed by atoms with E-state index in [1.165, 1.54) is 0 Å². The number of nitrogens with one attached hydrogen (secondary N) is 1. The molecule has 0 radical (unpaired) electrons. The molecule has 0 heterocycles. The topological polar surface area (TPSA) is 61.8 Å². The molecule has 0 spiro atoms. The number of carbonyl (C=O) groups excluding carboxylic acids is 1. The van der Waals surface area contributed by atoms with Gasteiger partial charge in [0.15, 0.2) is 0 Å². The molecule has 0 fully saturated rings. The Morgan fingerprint density at radius 1 is 1.25 bits per heavy atom. The van der Waals surface area contributed by atoms with E-state index >= 15 is 0 Å². The molecule has 0 aromatic carbocycles. The number of nitrogens with zero attached hydrogens (tertiary/aromatic N) is 1. The highest BCUT2D eigenvalue weighted by Crippen LogP contribution is 2.18. The lowest BCUT2D eigenvalue weighted by molar-refractivity contribution is 0.0260. The third kappa shape index (κ3) is 7.70. The Bertz CT molecular complexity index is 283. The van der Waals surface area contributed by atoms with Gasteiger partial charge in [0.1, 0.15) is 5.60 Å². The second kappa shape index (κ2) is 8.47. The quantitative estimate of drug-likeness (QED) is 0.672. The van der Waals surface area contributed by atoms with Crippen LogP contribution in [0.4, 0.5) is 4.79 Å². The number of aliphatic hydroxyl groups is 1. The van der Waals surface area contributed by atoms with Gasteiger partial charge in [-0.05, 0) is 34.1 Å². The molecular formula is C15H32N2O3. The van der Waals surface area contributed by atoms with Gasteiger partial charge in [-0.15, -0.1) is 0 Å². The lowest BCUT2D eigenvalue weighted by Gasteiger charge is -2.28. The normalized spacial score (nSPS) is 14.8. The standard InChI is InChI=1S/C15H32N2O3/c1-7-15(6,12-18)11-16-9-10-17(8-2)13(19)20-14(3,4)5/h16,18H,7-12H2,1-6H3. The van der Waals surface area contributed by atoms with Crippen molar-refractivity contribution >= 4 is 6.09 Å². The SMILES string of the molecule is CCN(CCNCC(C)(CC)CO)C(=O)OC(C)(C)C. The molecule has 5 heteroatoms. The van der Waals surface area contributed by atoms with Gasteiger partial charge in [0.05, 0.1) is 0 Å². The summed E-state index contributed by atoms with van der Waals surface area (Å²) in [4.78, 5) is 13.6. The van der Waals surface area contributed by atoms with Crippen LogP contribution in [-0.4, -0.2) is 54.5 Å². The van der Waals surface area contributed by atoms with E-state index in [0.29, 0.717) is 19.6 Å². The number of rotatable bonds is 8. The van der Waals surface area contributed by atoms with Gasteiger partial charge in [0.25, 0.3) is 0 Å². The molecule has 0 saturated heterocycles. The fraction of sp³-hybridized carbons (Fsp3) is 0.933. The summed E-state index contributed by atoms with van der Waals surface area (Å²) in [7, 11) is 0. The molecule has 1 amide bonds. The predicted molar refractivity (Wildman–Crippen MR) is 81.8 cm³/mol. The minimum Gasteiger partial charge on any atom is -0.444 e. The average Bonchev–Trinajstić information content (AvgIpc) is 2.36. The maximum absolute atomic E-state index is 11.9. The summed E-state index contributed by atoms with van der Waals surface area (Å²) in [5.74, 6) is 0. The van der Waals surface area contributed by atoms with Crippen molar-refractivity contribution < 1.29 is 14.6 Å². The minimum absolute atomic E-state index is 0.0943. The van der Waals surface area contributed by atoms with E-state index in [1.807, 2.05) is 34.6 Å². The highest BCUT2D eigenvalue weighted by atomic mass is 16.6. The molecule has 20 heavy (non-hydrogen) atoms.